The van der Waals surface area contributed by atoms with Gasteiger partial charge in [-0.05, 0) is 18.2 Å². The van der Waals surface area contributed by atoms with Gasteiger partial charge in [-0.3, -0.25) is 0 Å². The Morgan fingerprint density at radius 1 is 1.04 bits per heavy atom. The van der Waals surface area contributed by atoms with Gasteiger partial charge in [0.25, 0.3) is 0 Å². The molecule has 0 aliphatic heterocycles. The van der Waals surface area contributed by atoms with E-state index < -0.39 is 21.4 Å². The van der Waals surface area contributed by atoms with Crippen molar-refractivity contribution in [2.75, 3.05) is 0 Å². The molecule has 0 atom stereocenters. The molecule has 0 saturated carbocycles. The van der Waals surface area contributed by atoms with Crippen molar-refractivity contribution < 1.29 is 25.8 Å². The van der Waals surface area contributed by atoms with Crippen LogP contribution in [0, 0.1) is 0 Å². The first-order valence-corrected chi connectivity index (χ1v) is 8.46. The number of alkyl halides is 3. The number of fused-ring (bicyclic) bond motifs is 4. The molecule has 0 aliphatic rings. The van der Waals surface area contributed by atoms with E-state index in [1.54, 1.807) is 10.6 Å². The first-order chi connectivity index (χ1) is 11.7. The number of aromatic nitrogens is 2. The molecule has 0 amide bonds. The van der Waals surface area contributed by atoms with Crippen LogP contribution in [-0.4, -0.2) is 23.3 Å². The zero-order valence-electron chi connectivity index (χ0n) is 12.4. The molecule has 4 rings (SSSR count). The van der Waals surface area contributed by atoms with E-state index in [0.717, 1.165) is 22.4 Å². The molecule has 128 valence electrons. The molecule has 0 bridgehead atoms. The van der Waals surface area contributed by atoms with Crippen molar-refractivity contribution in [1.29, 1.82) is 0 Å². The summed E-state index contributed by atoms with van der Waals surface area (Å²) in [5, 5.41) is 1.69. The second kappa shape index (κ2) is 5.09. The minimum atomic E-state index is -5.72. The highest BCUT2D eigenvalue weighted by Gasteiger charge is 2.48. The molecule has 9 heteroatoms. The van der Waals surface area contributed by atoms with Gasteiger partial charge in [0, 0.05) is 29.2 Å². The van der Waals surface area contributed by atoms with E-state index in [4.69, 9.17) is 0 Å². The zero-order valence-corrected chi connectivity index (χ0v) is 13.2. The quantitative estimate of drug-likeness (QED) is 0.399. The van der Waals surface area contributed by atoms with Crippen molar-refractivity contribution in [2.45, 2.75) is 5.51 Å². The fourth-order valence-electron chi connectivity index (χ4n) is 2.61. The zero-order chi connectivity index (χ0) is 17.8. The van der Waals surface area contributed by atoms with Crippen LogP contribution in [0.4, 0.5) is 13.2 Å². The molecule has 25 heavy (non-hydrogen) atoms. The fourth-order valence-corrected chi connectivity index (χ4v) is 3.06. The summed E-state index contributed by atoms with van der Waals surface area (Å²) < 4.78 is 65.6. The fraction of sp³-hybridized carbons (Fsp3) is 0.0625. The highest BCUT2D eigenvalue weighted by atomic mass is 32.2. The minimum Gasteiger partial charge on any atom is -0.376 e. The molecule has 0 saturated heterocycles. The van der Waals surface area contributed by atoms with E-state index in [1.807, 2.05) is 30.3 Å². The van der Waals surface area contributed by atoms with E-state index in [1.165, 1.54) is 12.3 Å². The maximum atomic E-state index is 12.5. The highest BCUT2D eigenvalue weighted by Crippen LogP contribution is 2.30. The Morgan fingerprint density at radius 3 is 2.56 bits per heavy atom. The van der Waals surface area contributed by atoms with E-state index in [-0.39, 0.29) is 0 Å². The van der Waals surface area contributed by atoms with Crippen LogP contribution in [0.25, 0.3) is 27.3 Å². The van der Waals surface area contributed by atoms with Gasteiger partial charge >= 0.3 is 15.6 Å². The summed E-state index contributed by atoms with van der Waals surface area (Å²) in [7, 11) is -5.72. The van der Waals surface area contributed by atoms with Gasteiger partial charge in [0.2, 0.25) is 0 Å². The van der Waals surface area contributed by atoms with Gasteiger partial charge in [0.1, 0.15) is 5.75 Å². The molecule has 4 aromatic rings. The number of halogens is 3. The molecule has 3 aromatic heterocycles. The monoisotopic (exact) mass is 366 g/mol. The van der Waals surface area contributed by atoms with Gasteiger partial charge in [0.05, 0.1) is 16.6 Å². The third kappa shape index (κ3) is 2.56. The van der Waals surface area contributed by atoms with Crippen molar-refractivity contribution in [3.8, 4) is 5.75 Å². The van der Waals surface area contributed by atoms with Crippen LogP contribution in [0.2, 0.25) is 0 Å². The van der Waals surface area contributed by atoms with E-state index in [0.29, 0.717) is 11.0 Å². The molecule has 1 aromatic carbocycles. The number of rotatable bonds is 2. The third-order valence-corrected chi connectivity index (χ3v) is 4.70. The molecular formula is C16H9F3N2O3S. The normalized spacial score (nSPS) is 12.9. The van der Waals surface area contributed by atoms with Crippen molar-refractivity contribution in [3.05, 3.63) is 54.9 Å². The van der Waals surface area contributed by atoms with Crippen molar-refractivity contribution >= 4 is 37.4 Å². The van der Waals surface area contributed by atoms with Crippen molar-refractivity contribution in [3.63, 3.8) is 0 Å². The summed E-state index contributed by atoms with van der Waals surface area (Å²) in [5.74, 6) is -0.431. The molecular weight excluding hydrogens is 357 g/mol. The Kier molecular flexibility index (Phi) is 3.20. The molecule has 0 aliphatic carbocycles. The van der Waals surface area contributed by atoms with Crippen LogP contribution in [0.15, 0.2) is 54.9 Å². The topological polar surface area (TPSA) is 60.7 Å². The van der Waals surface area contributed by atoms with E-state index in [9.17, 15) is 21.6 Å². The average Bonchev–Trinajstić information content (AvgIpc) is 2.88. The highest BCUT2D eigenvalue weighted by molar-refractivity contribution is 7.88. The predicted octanol–water partition coefficient (Wildman–Crippen LogP) is 3.87. The SMILES string of the molecule is O=S(=O)(Oc1ccn2cc3cc4ccccc4nc3c2c1)C(F)(F)F. The Bertz CT molecular complexity index is 1230. The molecule has 0 fully saturated rings. The first-order valence-electron chi connectivity index (χ1n) is 7.06. The Hall–Kier alpha value is -2.81. The largest absolute Gasteiger partial charge is 0.534 e. The molecule has 3 heterocycles. The smallest absolute Gasteiger partial charge is 0.376 e. The summed E-state index contributed by atoms with van der Waals surface area (Å²) in [6.45, 7) is 0. The Balaban J connectivity index is 1.90. The van der Waals surface area contributed by atoms with Crippen LogP contribution in [-0.2, 0) is 10.1 Å². The van der Waals surface area contributed by atoms with Crippen LogP contribution < -0.4 is 4.18 Å². The van der Waals surface area contributed by atoms with Gasteiger partial charge in [-0.1, -0.05) is 18.2 Å². The van der Waals surface area contributed by atoms with E-state index in [2.05, 4.69) is 9.17 Å². The summed E-state index contributed by atoms with van der Waals surface area (Å²) >= 11 is 0. The first kappa shape index (κ1) is 15.7. The lowest BCUT2D eigenvalue weighted by Crippen LogP contribution is -2.28. The summed E-state index contributed by atoms with van der Waals surface area (Å²) in [4.78, 5) is 4.50. The predicted molar refractivity (Wildman–Crippen MR) is 85.8 cm³/mol. The lowest BCUT2D eigenvalue weighted by molar-refractivity contribution is -0.0500. The van der Waals surface area contributed by atoms with Gasteiger partial charge < -0.3 is 8.58 Å². The molecule has 0 spiro atoms. The third-order valence-electron chi connectivity index (χ3n) is 3.72. The molecule has 0 radical (unpaired) electrons. The minimum absolute atomic E-state index is 0.431. The number of pyridine rings is 2. The maximum Gasteiger partial charge on any atom is 0.534 e. The van der Waals surface area contributed by atoms with E-state index >= 15 is 0 Å². The van der Waals surface area contributed by atoms with Crippen molar-refractivity contribution in [1.82, 2.24) is 9.38 Å². The lowest BCUT2D eigenvalue weighted by Gasteiger charge is -2.09. The lowest BCUT2D eigenvalue weighted by atomic mass is 10.2. The number of hydrogen-bond donors (Lipinski definition) is 0. The standard InChI is InChI=1S/C16H9F3N2O3S/c17-16(18,19)25(22,23)24-12-5-6-21-9-11-7-10-3-1-2-4-13(10)20-15(11)14(21)8-12/h1-9H. The summed E-state index contributed by atoms with van der Waals surface area (Å²) in [6, 6.07) is 11.7. The number of nitrogens with zero attached hydrogens (tertiary/aromatic N) is 2. The molecule has 5 nitrogen and oxygen atoms in total. The second-order valence-corrected chi connectivity index (χ2v) is 6.92. The molecule has 0 N–H and O–H groups in total. The van der Waals surface area contributed by atoms with Crippen LogP contribution in [0.1, 0.15) is 0 Å². The van der Waals surface area contributed by atoms with Crippen LogP contribution >= 0.6 is 0 Å². The van der Waals surface area contributed by atoms with Crippen LogP contribution in [0.5, 0.6) is 5.75 Å². The number of para-hydroxylation sites is 1. The van der Waals surface area contributed by atoms with Gasteiger partial charge in [0.15, 0.2) is 0 Å². The Labute approximate surface area is 139 Å². The second-order valence-electron chi connectivity index (χ2n) is 5.39. The van der Waals surface area contributed by atoms with Crippen molar-refractivity contribution in [2.24, 2.45) is 0 Å². The Morgan fingerprint density at radius 2 is 1.80 bits per heavy atom. The maximum absolute atomic E-state index is 12.5. The number of hydrogen-bond acceptors (Lipinski definition) is 4. The average molecular weight is 366 g/mol. The van der Waals surface area contributed by atoms with Gasteiger partial charge in [-0.25, -0.2) is 4.98 Å². The molecule has 0 unspecified atom stereocenters. The van der Waals surface area contributed by atoms with Crippen LogP contribution in [0.3, 0.4) is 0 Å². The van der Waals surface area contributed by atoms with Gasteiger partial charge in [-0.15, -0.1) is 0 Å². The van der Waals surface area contributed by atoms with Gasteiger partial charge in [-0.2, -0.15) is 21.6 Å². The number of benzene rings is 1. The summed E-state index contributed by atoms with van der Waals surface area (Å²) in [6.07, 6.45) is 3.18. The summed E-state index contributed by atoms with van der Waals surface area (Å²) in [5.41, 5.74) is -3.79.